The van der Waals surface area contributed by atoms with Gasteiger partial charge in [0.1, 0.15) is 41.0 Å². The van der Waals surface area contributed by atoms with Crippen LogP contribution in [-0.4, -0.2) is 26.8 Å². The first-order valence-electron chi connectivity index (χ1n) is 6.41. The van der Waals surface area contributed by atoms with Gasteiger partial charge in [-0.25, -0.2) is 0 Å². The third-order valence-corrected chi connectivity index (χ3v) is 4.47. The summed E-state index contributed by atoms with van der Waals surface area (Å²) in [6.07, 6.45) is 0. The summed E-state index contributed by atoms with van der Waals surface area (Å²) in [7, 11) is 0. The van der Waals surface area contributed by atoms with Gasteiger partial charge in [-0.3, -0.25) is 3.07 Å². The molecule has 0 fully saturated rings. The van der Waals surface area contributed by atoms with Gasteiger partial charge in [0.25, 0.3) is 0 Å². The van der Waals surface area contributed by atoms with E-state index < -0.39 is 5.60 Å². The number of halogens is 1. The summed E-state index contributed by atoms with van der Waals surface area (Å²) >= 11 is 1.86. The van der Waals surface area contributed by atoms with Crippen LogP contribution in [0.25, 0.3) is 5.69 Å². The first-order chi connectivity index (χ1) is 9.55. The van der Waals surface area contributed by atoms with Crippen LogP contribution in [0.2, 0.25) is 0 Å². The first-order valence-corrected chi connectivity index (χ1v) is 7.29. The SMILES string of the molecule is CC(C)c1ccc2c(c1)-n1nnnc1C(C)(OI)CO2. The highest BCUT2D eigenvalue weighted by molar-refractivity contribution is 14.1. The summed E-state index contributed by atoms with van der Waals surface area (Å²) in [4.78, 5) is 0. The van der Waals surface area contributed by atoms with Crippen LogP contribution in [0.15, 0.2) is 18.2 Å². The molecule has 106 valence electrons. The number of aromatic nitrogens is 4. The molecule has 20 heavy (non-hydrogen) atoms. The molecule has 0 spiro atoms. The minimum Gasteiger partial charge on any atom is -0.488 e. The van der Waals surface area contributed by atoms with Crippen LogP contribution in [0.1, 0.15) is 38.1 Å². The van der Waals surface area contributed by atoms with Crippen LogP contribution in [0.5, 0.6) is 5.75 Å². The Morgan fingerprint density at radius 2 is 2.25 bits per heavy atom. The Labute approximate surface area is 131 Å². The van der Waals surface area contributed by atoms with Gasteiger partial charge in [0, 0.05) is 0 Å². The summed E-state index contributed by atoms with van der Waals surface area (Å²) in [5.74, 6) is 1.84. The second-order valence-electron chi connectivity index (χ2n) is 5.39. The molecule has 2 heterocycles. The molecule has 1 aromatic heterocycles. The van der Waals surface area contributed by atoms with Gasteiger partial charge in [-0.1, -0.05) is 19.9 Å². The van der Waals surface area contributed by atoms with Crippen molar-refractivity contribution in [3.63, 3.8) is 0 Å². The van der Waals surface area contributed by atoms with Crippen LogP contribution in [-0.2, 0) is 8.67 Å². The van der Waals surface area contributed by atoms with Gasteiger partial charge in [0.05, 0.1) is 0 Å². The number of rotatable bonds is 2. The Morgan fingerprint density at radius 3 is 2.95 bits per heavy atom. The van der Waals surface area contributed by atoms with Crippen LogP contribution < -0.4 is 4.74 Å². The molecule has 0 saturated heterocycles. The molecule has 7 heteroatoms. The van der Waals surface area contributed by atoms with Gasteiger partial charge in [0.15, 0.2) is 11.4 Å². The molecule has 1 unspecified atom stereocenters. The molecule has 1 aromatic carbocycles. The summed E-state index contributed by atoms with van der Waals surface area (Å²) in [5, 5.41) is 12.0. The molecule has 3 rings (SSSR count). The molecule has 1 aliphatic heterocycles. The second kappa shape index (κ2) is 4.96. The quantitative estimate of drug-likeness (QED) is 0.743. The van der Waals surface area contributed by atoms with E-state index in [1.54, 1.807) is 4.68 Å². The highest BCUT2D eigenvalue weighted by Crippen LogP contribution is 2.36. The monoisotopic (exact) mass is 386 g/mol. The van der Waals surface area contributed by atoms with Crippen molar-refractivity contribution >= 4 is 23.0 Å². The largest absolute Gasteiger partial charge is 0.488 e. The third kappa shape index (κ3) is 2.08. The zero-order chi connectivity index (χ0) is 14.3. The molecular formula is C13H15IN4O2. The lowest BCUT2D eigenvalue weighted by Gasteiger charge is -2.21. The van der Waals surface area contributed by atoms with Gasteiger partial charge < -0.3 is 4.74 Å². The van der Waals surface area contributed by atoms with Gasteiger partial charge in [0.2, 0.25) is 0 Å². The summed E-state index contributed by atoms with van der Waals surface area (Å²) in [6.45, 7) is 6.58. The lowest BCUT2D eigenvalue weighted by atomic mass is 10.0. The average molecular weight is 386 g/mol. The van der Waals surface area contributed by atoms with Gasteiger partial charge in [-0.05, 0) is 41.0 Å². The number of ether oxygens (including phenoxy) is 1. The maximum atomic E-state index is 5.87. The van der Waals surface area contributed by atoms with E-state index in [1.807, 2.05) is 36.0 Å². The lowest BCUT2D eigenvalue weighted by molar-refractivity contribution is 0.0693. The average Bonchev–Trinajstić information content (AvgIpc) is 2.90. The lowest BCUT2D eigenvalue weighted by Crippen LogP contribution is -2.31. The van der Waals surface area contributed by atoms with E-state index in [9.17, 15) is 0 Å². The minimum absolute atomic E-state index is 0.365. The fourth-order valence-electron chi connectivity index (χ4n) is 2.20. The highest BCUT2D eigenvalue weighted by Gasteiger charge is 2.38. The predicted octanol–water partition coefficient (Wildman–Crippen LogP) is 2.76. The van der Waals surface area contributed by atoms with Crippen molar-refractivity contribution in [2.75, 3.05) is 6.61 Å². The molecule has 0 bridgehead atoms. The fourth-order valence-corrected chi connectivity index (χ4v) is 2.52. The summed E-state index contributed by atoms with van der Waals surface area (Å²) in [5.41, 5.74) is 1.39. The zero-order valence-electron chi connectivity index (χ0n) is 11.5. The number of tetrazole rings is 1. The molecule has 0 aliphatic carbocycles. The van der Waals surface area contributed by atoms with Crippen molar-refractivity contribution < 1.29 is 7.80 Å². The van der Waals surface area contributed by atoms with Crippen molar-refractivity contribution in [2.45, 2.75) is 32.3 Å². The van der Waals surface area contributed by atoms with Crippen molar-refractivity contribution in [1.29, 1.82) is 0 Å². The Bertz CT molecular complexity index is 643. The smallest absolute Gasteiger partial charge is 0.192 e. The van der Waals surface area contributed by atoms with Crippen LogP contribution in [0.3, 0.4) is 0 Å². The molecule has 6 nitrogen and oxygen atoms in total. The maximum absolute atomic E-state index is 5.87. The Morgan fingerprint density at radius 1 is 1.45 bits per heavy atom. The summed E-state index contributed by atoms with van der Waals surface area (Å²) in [6, 6.07) is 6.11. The molecule has 1 aliphatic rings. The Balaban J connectivity index is 2.20. The third-order valence-electron chi connectivity index (χ3n) is 3.49. The fraction of sp³-hybridized carbons (Fsp3) is 0.462. The maximum Gasteiger partial charge on any atom is 0.192 e. The van der Waals surface area contributed by atoms with Crippen LogP contribution >= 0.6 is 23.0 Å². The van der Waals surface area contributed by atoms with E-state index in [0.29, 0.717) is 18.3 Å². The van der Waals surface area contributed by atoms with Gasteiger partial charge >= 0.3 is 0 Å². The Hall–Kier alpha value is -1.22. The van der Waals surface area contributed by atoms with E-state index in [2.05, 4.69) is 41.5 Å². The number of benzene rings is 1. The van der Waals surface area contributed by atoms with Gasteiger partial charge in [-0.15, -0.1) is 5.10 Å². The van der Waals surface area contributed by atoms with E-state index >= 15 is 0 Å². The first kappa shape index (κ1) is 13.7. The molecule has 1 atom stereocenters. The van der Waals surface area contributed by atoms with Crippen molar-refractivity contribution in [2.24, 2.45) is 0 Å². The van der Waals surface area contributed by atoms with Crippen molar-refractivity contribution in [3.05, 3.63) is 29.6 Å². The standard InChI is InChI=1S/C13H15IN4O2/c1-8(2)9-4-5-11-10(6-9)18-12(15-16-17-18)13(3,20-14)7-19-11/h4-6,8H,7H2,1-3H3. The number of nitrogens with zero attached hydrogens (tertiary/aromatic N) is 4. The van der Waals surface area contributed by atoms with Crippen molar-refractivity contribution in [3.8, 4) is 11.4 Å². The predicted molar refractivity (Wildman–Crippen MR) is 81.2 cm³/mol. The highest BCUT2D eigenvalue weighted by atomic mass is 127. The van der Waals surface area contributed by atoms with E-state index in [0.717, 1.165) is 11.4 Å². The molecule has 0 amide bonds. The number of fused-ring (bicyclic) bond motifs is 3. The van der Waals surface area contributed by atoms with Crippen molar-refractivity contribution in [1.82, 2.24) is 20.2 Å². The topological polar surface area (TPSA) is 62.1 Å². The summed E-state index contributed by atoms with van der Waals surface area (Å²) < 4.78 is 13.1. The zero-order valence-corrected chi connectivity index (χ0v) is 13.7. The normalized spacial score (nSPS) is 21.1. The number of hydrogen-bond donors (Lipinski definition) is 0. The molecule has 0 saturated carbocycles. The van der Waals surface area contributed by atoms with Crippen LogP contribution in [0, 0.1) is 0 Å². The number of hydrogen-bond acceptors (Lipinski definition) is 5. The van der Waals surface area contributed by atoms with E-state index in [1.165, 1.54) is 5.56 Å². The minimum atomic E-state index is -0.679. The second-order valence-corrected chi connectivity index (χ2v) is 5.83. The molecule has 2 aromatic rings. The Kier molecular flexibility index (Phi) is 3.41. The molecule has 0 N–H and O–H groups in total. The van der Waals surface area contributed by atoms with Gasteiger partial charge in [-0.2, -0.15) is 4.68 Å². The van der Waals surface area contributed by atoms with Crippen LogP contribution in [0.4, 0.5) is 0 Å². The molecule has 0 radical (unpaired) electrons. The van der Waals surface area contributed by atoms with E-state index in [-0.39, 0.29) is 0 Å². The van der Waals surface area contributed by atoms with E-state index in [4.69, 9.17) is 7.80 Å². The molecular weight excluding hydrogens is 371 g/mol.